The Balaban J connectivity index is 1.87. The lowest BCUT2D eigenvalue weighted by Crippen LogP contribution is -2.24. The minimum absolute atomic E-state index is 0.841. The highest BCUT2D eigenvalue weighted by molar-refractivity contribution is 4.79. The molecule has 1 nitrogen and oxygen atoms in total. The van der Waals surface area contributed by atoms with Gasteiger partial charge in [0, 0.05) is 0 Å². The van der Waals surface area contributed by atoms with E-state index in [0.717, 1.165) is 17.8 Å². The summed E-state index contributed by atoms with van der Waals surface area (Å²) in [5.41, 5.74) is 0. The molecule has 12 heavy (non-hydrogen) atoms. The van der Waals surface area contributed by atoms with Gasteiger partial charge in [-0.2, -0.15) is 0 Å². The molecule has 0 bridgehead atoms. The van der Waals surface area contributed by atoms with Gasteiger partial charge in [0.25, 0.3) is 0 Å². The van der Waals surface area contributed by atoms with Crippen LogP contribution in [0.25, 0.3) is 0 Å². The van der Waals surface area contributed by atoms with Crippen LogP contribution in [0.3, 0.4) is 0 Å². The quantitative estimate of drug-likeness (QED) is 0.603. The monoisotopic (exact) mass is 169 g/mol. The van der Waals surface area contributed by atoms with E-state index in [1.165, 1.54) is 32.4 Å². The van der Waals surface area contributed by atoms with Crippen LogP contribution in [0.4, 0.5) is 0 Å². The molecule has 0 heterocycles. The van der Waals surface area contributed by atoms with Gasteiger partial charge in [0.2, 0.25) is 0 Å². The molecule has 0 amide bonds. The lowest BCUT2D eigenvalue weighted by molar-refractivity contribution is 0.443. The van der Waals surface area contributed by atoms with Gasteiger partial charge in [0.1, 0.15) is 0 Å². The molecule has 1 rings (SSSR count). The SMILES string of the molecule is CC(C)CCNCC(C)C1CC1. The number of nitrogens with one attached hydrogen (secondary N) is 1. The highest BCUT2D eigenvalue weighted by Crippen LogP contribution is 2.35. The second kappa shape index (κ2) is 4.86. The summed E-state index contributed by atoms with van der Waals surface area (Å²) in [6, 6.07) is 0. The van der Waals surface area contributed by atoms with Crippen LogP contribution >= 0.6 is 0 Å². The van der Waals surface area contributed by atoms with Crippen molar-refractivity contribution in [2.45, 2.75) is 40.0 Å². The zero-order valence-corrected chi connectivity index (χ0v) is 8.77. The van der Waals surface area contributed by atoms with Crippen molar-refractivity contribution in [1.29, 1.82) is 0 Å². The van der Waals surface area contributed by atoms with Crippen molar-refractivity contribution in [3.8, 4) is 0 Å². The maximum absolute atomic E-state index is 3.54. The Morgan fingerprint density at radius 1 is 1.25 bits per heavy atom. The molecule has 1 heteroatoms. The Kier molecular flexibility index (Phi) is 4.07. The molecule has 1 aliphatic carbocycles. The Bertz CT molecular complexity index is 116. The summed E-state index contributed by atoms with van der Waals surface area (Å²) in [6.45, 7) is 9.38. The molecule has 1 aliphatic rings. The minimum atomic E-state index is 0.841. The van der Waals surface area contributed by atoms with Crippen molar-refractivity contribution in [3.05, 3.63) is 0 Å². The Hall–Kier alpha value is -0.0400. The van der Waals surface area contributed by atoms with E-state index in [0.29, 0.717) is 0 Å². The van der Waals surface area contributed by atoms with Crippen LogP contribution in [0.15, 0.2) is 0 Å². The van der Waals surface area contributed by atoms with E-state index in [1.807, 2.05) is 0 Å². The van der Waals surface area contributed by atoms with E-state index in [1.54, 1.807) is 0 Å². The smallest absolute Gasteiger partial charge is 0.00205 e. The molecule has 0 radical (unpaired) electrons. The van der Waals surface area contributed by atoms with Crippen molar-refractivity contribution in [1.82, 2.24) is 5.32 Å². The van der Waals surface area contributed by atoms with Gasteiger partial charge in [-0.1, -0.05) is 20.8 Å². The number of rotatable bonds is 6. The van der Waals surface area contributed by atoms with Gasteiger partial charge < -0.3 is 5.32 Å². The molecule has 0 aromatic heterocycles. The predicted octanol–water partition coefficient (Wildman–Crippen LogP) is 2.67. The molecule has 0 saturated heterocycles. The van der Waals surface area contributed by atoms with Crippen LogP contribution in [0.5, 0.6) is 0 Å². The molecule has 72 valence electrons. The Labute approximate surface area is 76.9 Å². The van der Waals surface area contributed by atoms with Gasteiger partial charge in [-0.25, -0.2) is 0 Å². The maximum Gasteiger partial charge on any atom is -0.00205 e. The van der Waals surface area contributed by atoms with E-state index in [-0.39, 0.29) is 0 Å². The molecule has 1 N–H and O–H groups in total. The van der Waals surface area contributed by atoms with Crippen molar-refractivity contribution < 1.29 is 0 Å². The number of hydrogen-bond donors (Lipinski definition) is 1. The summed E-state index contributed by atoms with van der Waals surface area (Å²) in [4.78, 5) is 0. The van der Waals surface area contributed by atoms with Crippen molar-refractivity contribution in [3.63, 3.8) is 0 Å². The number of hydrogen-bond acceptors (Lipinski definition) is 1. The fourth-order valence-corrected chi connectivity index (χ4v) is 1.55. The second-order valence-corrected chi connectivity index (χ2v) is 4.70. The highest BCUT2D eigenvalue weighted by Gasteiger charge is 2.27. The average Bonchev–Trinajstić information content (AvgIpc) is 2.79. The van der Waals surface area contributed by atoms with Crippen LogP contribution in [0, 0.1) is 17.8 Å². The van der Waals surface area contributed by atoms with Gasteiger partial charge in [0.15, 0.2) is 0 Å². The van der Waals surface area contributed by atoms with Gasteiger partial charge in [-0.05, 0) is 50.1 Å². The lowest BCUT2D eigenvalue weighted by Gasteiger charge is -2.11. The van der Waals surface area contributed by atoms with E-state index in [4.69, 9.17) is 0 Å². The van der Waals surface area contributed by atoms with Gasteiger partial charge >= 0.3 is 0 Å². The molecule has 0 aromatic rings. The summed E-state index contributed by atoms with van der Waals surface area (Å²) < 4.78 is 0. The first-order valence-corrected chi connectivity index (χ1v) is 5.41. The van der Waals surface area contributed by atoms with Gasteiger partial charge in [0.05, 0.1) is 0 Å². The summed E-state index contributed by atoms with van der Waals surface area (Å²) in [7, 11) is 0. The largest absolute Gasteiger partial charge is 0.316 e. The fraction of sp³-hybridized carbons (Fsp3) is 1.00. The molecule has 0 aromatic carbocycles. The molecule has 1 atom stereocenters. The van der Waals surface area contributed by atoms with Crippen LogP contribution in [-0.2, 0) is 0 Å². The maximum atomic E-state index is 3.54. The first-order chi connectivity index (χ1) is 5.70. The Morgan fingerprint density at radius 3 is 2.42 bits per heavy atom. The van der Waals surface area contributed by atoms with Crippen LogP contribution < -0.4 is 5.32 Å². The molecule has 1 saturated carbocycles. The van der Waals surface area contributed by atoms with Crippen molar-refractivity contribution in [2.75, 3.05) is 13.1 Å². The molecule has 1 unspecified atom stereocenters. The summed E-state index contributed by atoms with van der Waals surface area (Å²) >= 11 is 0. The molecule has 0 spiro atoms. The van der Waals surface area contributed by atoms with Crippen molar-refractivity contribution in [2.24, 2.45) is 17.8 Å². The standard InChI is InChI=1S/C11H23N/c1-9(2)6-7-12-8-10(3)11-4-5-11/h9-12H,4-8H2,1-3H3. The van der Waals surface area contributed by atoms with Gasteiger partial charge in [-0.15, -0.1) is 0 Å². The fourth-order valence-electron chi connectivity index (χ4n) is 1.55. The predicted molar refractivity (Wildman–Crippen MR) is 54.2 cm³/mol. The topological polar surface area (TPSA) is 12.0 Å². The third kappa shape index (κ3) is 4.10. The molecule has 1 fully saturated rings. The minimum Gasteiger partial charge on any atom is -0.316 e. The van der Waals surface area contributed by atoms with E-state index in [2.05, 4.69) is 26.1 Å². The third-order valence-corrected chi connectivity index (χ3v) is 2.79. The third-order valence-electron chi connectivity index (χ3n) is 2.79. The first-order valence-electron chi connectivity index (χ1n) is 5.41. The zero-order valence-electron chi connectivity index (χ0n) is 8.77. The van der Waals surface area contributed by atoms with Crippen LogP contribution in [0.2, 0.25) is 0 Å². The first kappa shape index (κ1) is 10.0. The Morgan fingerprint density at radius 2 is 1.92 bits per heavy atom. The molecular weight excluding hydrogens is 146 g/mol. The van der Waals surface area contributed by atoms with E-state index in [9.17, 15) is 0 Å². The van der Waals surface area contributed by atoms with E-state index < -0.39 is 0 Å². The zero-order chi connectivity index (χ0) is 8.97. The lowest BCUT2D eigenvalue weighted by atomic mass is 10.1. The van der Waals surface area contributed by atoms with Crippen molar-refractivity contribution >= 4 is 0 Å². The second-order valence-electron chi connectivity index (χ2n) is 4.70. The van der Waals surface area contributed by atoms with Gasteiger partial charge in [-0.3, -0.25) is 0 Å². The van der Waals surface area contributed by atoms with Crippen LogP contribution in [-0.4, -0.2) is 13.1 Å². The molecule has 0 aliphatic heterocycles. The summed E-state index contributed by atoms with van der Waals surface area (Å²) in [6.07, 6.45) is 4.28. The normalized spacial score (nSPS) is 20.0. The molecular formula is C11H23N. The highest BCUT2D eigenvalue weighted by atomic mass is 14.9. The summed E-state index contributed by atoms with van der Waals surface area (Å²) in [5.74, 6) is 2.81. The van der Waals surface area contributed by atoms with Crippen LogP contribution in [0.1, 0.15) is 40.0 Å². The van der Waals surface area contributed by atoms with E-state index >= 15 is 0 Å². The summed E-state index contributed by atoms with van der Waals surface area (Å²) in [5, 5.41) is 3.54. The average molecular weight is 169 g/mol.